The van der Waals surface area contributed by atoms with Crippen molar-refractivity contribution in [2.45, 2.75) is 32.7 Å². The lowest BCUT2D eigenvalue weighted by molar-refractivity contribution is -0.122. The molecule has 1 saturated carbocycles. The number of aryl methyl sites for hydroxylation is 1. The molecule has 1 aromatic carbocycles. The maximum absolute atomic E-state index is 11.8. The van der Waals surface area contributed by atoms with E-state index in [0.717, 1.165) is 19.4 Å². The van der Waals surface area contributed by atoms with Gasteiger partial charge in [-0.2, -0.15) is 5.10 Å². The van der Waals surface area contributed by atoms with Crippen molar-refractivity contribution >= 4 is 11.7 Å². The Kier molecular flexibility index (Phi) is 3.54. The summed E-state index contributed by atoms with van der Waals surface area (Å²) in [4.78, 5) is 11.8. The van der Waals surface area contributed by atoms with Crippen molar-refractivity contribution in [1.82, 2.24) is 9.78 Å². The Morgan fingerprint density at radius 2 is 2.05 bits per heavy atom. The van der Waals surface area contributed by atoms with Crippen molar-refractivity contribution in [2.24, 2.45) is 5.92 Å². The summed E-state index contributed by atoms with van der Waals surface area (Å²) in [6.07, 6.45) is 5.09. The van der Waals surface area contributed by atoms with Crippen molar-refractivity contribution < 1.29 is 4.79 Å². The molecule has 0 saturated heterocycles. The van der Waals surface area contributed by atoms with Crippen molar-refractivity contribution in [3.05, 3.63) is 47.7 Å². The fourth-order valence-corrected chi connectivity index (χ4v) is 2.30. The number of rotatable bonds is 4. The molecule has 1 fully saturated rings. The van der Waals surface area contributed by atoms with Crippen LogP contribution in [0.5, 0.6) is 0 Å². The average Bonchev–Trinajstić information content (AvgIpc) is 2.77. The van der Waals surface area contributed by atoms with Gasteiger partial charge in [0.05, 0.1) is 6.54 Å². The highest BCUT2D eigenvalue weighted by Crippen LogP contribution is 2.27. The summed E-state index contributed by atoms with van der Waals surface area (Å²) >= 11 is 0. The van der Waals surface area contributed by atoms with E-state index >= 15 is 0 Å². The molecular weight excluding hydrogens is 250 g/mol. The number of anilines is 1. The van der Waals surface area contributed by atoms with Crippen LogP contribution in [0.2, 0.25) is 0 Å². The molecule has 1 aliphatic rings. The average molecular weight is 269 g/mol. The summed E-state index contributed by atoms with van der Waals surface area (Å²) in [6.45, 7) is 2.80. The van der Waals surface area contributed by atoms with Gasteiger partial charge in [-0.25, -0.2) is 0 Å². The minimum atomic E-state index is 0.108. The predicted molar refractivity (Wildman–Crippen MR) is 78.5 cm³/mol. The zero-order valence-electron chi connectivity index (χ0n) is 11.7. The van der Waals surface area contributed by atoms with Crippen LogP contribution in [0.1, 0.15) is 30.4 Å². The van der Waals surface area contributed by atoms with Crippen molar-refractivity contribution in [1.29, 1.82) is 0 Å². The van der Waals surface area contributed by atoms with Crippen LogP contribution in [0, 0.1) is 12.8 Å². The Morgan fingerprint density at radius 1 is 1.30 bits per heavy atom. The van der Waals surface area contributed by atoms with Crippen LogP contribution >= 0.6 is 0 Å². The second-order valence-electron chi connectivity index (χ2n) is 5.50. The molecular formula is C16H19N3O. The number of hydrogen-bond acceptors (Lipinski definition) is 2. The molecule has 2 aromatic rings. The van der Waals surface area contributed by atoms with Gasteiger partial charge in [0, 0.05) is 18.2 Å². The molecule has 4 heteroatoms. The van der Waals surface area contributed by atoms with Gasteiger partial charge in [0.15, 0.2) is 5.82 Å². The van der Waals surface area contributed by atoms with Gasteiger partial charge < -0.3 is 5.32 Å². The van der Waals surface area contributed by atoms with Crippen LogP contribution in [0.3, 0.4) is 0 Å². The van der Waals surface area contributed by atoms with Gasteiger partial charge in [0.1, 0.15) is 0 Å². The molecule has 0 bridgehead atoms. The van der Waals surface area contributed by atoms with Crippen molar-refractivity contribution in [3.63, 3.8) is 0 Å². The fourth-order valence-electron chi connectivity index (χ4n) is 2.30. The second kappa shape index (κ2) is 5.49. The van der Waals surface area contributed by atoms with Gasteiger partial charge in [-0.05, 0) is 25.3 Å². The van der Waals surface area contributed by atoms with Gasteiger partial charge in [-0.15, -0.1) is 0 Å². The maximum atomic E-state index is 11.8. The Bertz CT molecular complexity index is 596. The van der Waals surface area contributed by atoms with Crippen LogP contribution in [0.25, 0.3) is 0 Å². The number of aromatic nitrogens is 2. The first-order chi connectivity index (χ1) is 9.70. The number of nitrogens with zero attached hydrogens (tertiary/aromatic N) is 2. The van der Waals surface area contributed by atoms with Gasteiger partial charge in [0.25, 0.3) is 0 Å². The molecule has 0 spiro atoms. The Morgan fingerprint density at radius 3 is 2.70 bits per heavy atom. The molecule has 0 unspecified atom stereocenters. The number of hydrogen-bond donors (Lipinski definition) is 1. The number of benzene rings is 1. The van der Waals surface area contributed by atoms with E-state index in [2.05, 4.69) is 41.6 Å². The van der Waals surface area contributed by atoms with Gasteiger partial charge in [-0.1, -0.05) is 36.2 Å². The minimum absolute atomic E-state index is 0.108. The van der Waals surface area contributed by atoms with Crippen LogP contribution in [0.4, 0.5) is 5.82 Å². The zero-order chi connectivity index (χ0) is 13.9. The SMILES string of the molecule is Cc1ccc(Cn2ccc(NC(=O)C3CCC3)n2)cc1. The number of amides is 1. The van der Waals surface area contributed by atoms with Crippen LogP contribution in [-0.2, 0) is 11.3 Å². The van der Waals surface area contributed by atoms with Crippen molar-refractivity contribution in [2.75, 3.05) is 5.32 Å². The van der Waals surface area contributed by atoms with E-state index < -0.39 is 0 Å². The molecule has 1 heterocycles. The quantitative estimate of drug-likeness (QED) is 0.927. The van der Waals surface area contributed by atoms with E-state index in [1.54, 1.807) is 0 Å². The first kappa shape index (κ1) is 12.9. The Balaban J connectivity index is 1.61. The molecule has 0 atom stereocenters. The summed E-state index contributed by atoms with van der Waals surface area (Å²) in [5.74, 6) is 0.947. The molecule has 0 aliphatic heterocycles. The van der Waals surface area contributed by atoms with Gasteiger partial charge >= 0.3 is 0 Å². The fraction of sp³-hybridized carbons (Fsp3) is 0.375. The first-order valence-electron chi connectivity index (χ1n) is 7.10. The lowest BCUT2D eigenvalue weighted by atomic mass is 9.85. The normalized spacial score (nSPS) is 14.8. The van der Waals surface area contributed by atoms with E-state index in [1.165, 1.54) is 17.5 Å². The van der Waals surface area contributed by atoms with E-state index in [0.29, 0.717) is 5.82 Å². The number of carbonyl (C=O) groups excluding carboxylic acids is 1. The molecule has 4 nitrogen and oxygen atoms in total. The Labute approximate surface area is 118 Å². The van der Waals surface area contributed by atoms with Gasteiger partial charge in [-0.3, -0.25) is 9.48 Å². The summed E-state index contributed by atoms with van der Waals surface area (Å²) in [5, 5.41) is 7.28. The standard InChI is InChI=1S/C16H19N3O/c1-12-5-7-13(8-6-12)11-19-10-9-15(18-19)17-16(20)14-3-2-4-14/h5-10,14H,2-4,11H2,1H3,(H,17,18,20). The topological polar surface area (TPSA) is 46.9 Å². The highest BCUT2D eigenvalue weighted by atomic mass is 16.2. The summed E-state index contributed by atoms with van der Waals surface area (Å²) in [5.41, 5.74) is 2.46. The third-order valence-corrected chi connectivity index (χ3v) is 3.83. The number of carbonyl (C=O) groups is 1. The third-order valence-electron chi connectivity index (χ3n) is 3.83. The van der Waals surface area contributed by atoms with E-state index in [-0.39, 0.29) is 11.8 Å². The van der Waals surface area contributed by atoms with Gasteiger partial charge in [0.2, 0.25) is 5.91 Å². The number of nitrogens with one attached hydrogen (secondary N) is 1. The van der Waals surface area contributed by atoms with E-state index in [4.69, 9.17) is 0 Å². The molecule has 0 radical (unpaired) electrons. The lowest BCUT2D eigenvalue weighted by Gasteiger charge is -2.23. The maximum Gasteiger partial charge on any atom is 0.228 e. The van der Waals surface area contributed by atoms with Crippen LogP contribution in [-0.4, -0.2) is 15.7 Å². The first-order valence-corrected chi connectivity index (χ1v) is 7.10. The molecule has 1 N–H and O–H groups in total. The summed E-state index contributed by atoms with van der Waals surface area (Å²) < 4.78 is 1.85. The predicted octanol–water partition coefficient (Wildman–Crippen LogP) is 2.98. The van der Waals surface area contributed by atoms with Crippen molar-refractivity contribution in [3.8, 4) is 0 Å². The highest BCUT2D eigenvalue weighted by molar-refractivity contribution is 5.92. The van der Waals surface area contributed by atoms with E-state index in [9.17, 15) is 4.79 Å². The molecule has 1 aromatic heterocycles. The molecule has 104 valence electrons. The van der Waals surface area contributed by atoms with Crippen LogP contribution in [0.15, 0.2) is 36.5 Å². The van der Waals surface area contributed by atoms with E-state index in [1.807, 2.05) is 16.9 Å². The van der Waals surface area contributed by atoms with Crippen LogP contribution < -0.4 is 5.32 Å². The third kappa shape index (κ3) is 2.90. The smallest absolute Gasteiger partial charge is 0.228 e. The molecule has 20 heavy (non-hydrogen) atoms. The molecule has 3 rings (SSSR count). The molecule has 1 aliphatic carbocycles. The largest absolute Gasteiger partial charge is 0.309 e. The second-order valence-corrected chi connectivity index (χ2v) is 5.50. The Hall–Kier alpha value is -2.10. The lowest BCUT2D eigenvalue weighted by Crippen LogP contribution is -2.28. The summed E-state index contributed by atoms with van der Waals surface area (Å²) in [6, 6.07) is 10.2. The highest BCUT2D eigenvalue weighted by Gasteiger charge is 2.25. The minimum Gasteiger partial charge on any atom is -0.309 e. The monoisotopic (exact) mass is 269 g/mol. The summed E-state index contributed by atoms with van der Waals surface area (Å²) in [7, 11) is 0. The zero-order valence-corrected chi connectivity index (χ0v) is 11.7. The molecule has 1 amide bonds.